The fourth-order valence-electron chi connectivity index (χ4n) is 1.44. The molecule has 2 rings (SSSR count). The number of phenolic OH excluding ortho intramolecular Hbond substituents is 1. The molecule has 1 heterocycles. The molecular formula is C11H6F3NO3S. The van der Waals surface area contributed by atoms with E-state index in [9.17, 15) is 22.8 Å². The third-order valence-electron chi connectivity index (χ3n) is 2.27. The first-order valence-electron chi connectivity index (χ1n) is 4.92. The summed E-state index contributed by atoms with van der Waals surface area (Å²) in [7, 11) is 0. The number of rotatable bonds is 1. The predicted octanol–water partition coefficient (Wildman–Crippen LogP) is 2.73. The Hall–Kier alpha value is -1.96. The number of imide groups is 1. The van der Waals surface area contributed by atoms with Crippen LogP contribution in [0.15, 0.2) is 23.1 Å². The molecule has 1 aliphatic rings. The highest BCUT2D eigenvalue weighted by Crippen LogP contribution is 2.37. The van der Waals surface area contributed by atoms with E-state index in [-0.39, 0.29) is 10.5 Å². The van der Waals surface area contributed by atoms with Crippen LogP contribution < -0.4 is 5.32 Å². The van der Waals surface area contributed by atoms with Gasteiger partial charge in [-0.1, -0.05) is 6.07 Å². The van der Waals surface area contributed by atoms with E-state index < -0.39 is 28.6 Å². The van der Waals surface area contributed by atoms with Gasteiger partial charge in [0.15, 0.2) is 0 Å². The van der Waals surface area contributed by atoms with Crippen LogP contribution in [0.5, 0.6) is 5.75 Å². The average Bonchev–Trinajstić information content (AvgIpc) is 2.58. The van der Waals surface area contributed by atoms with Crippen LogP contribution in [0.2, 0.25) is 0 Å². The molecule has 0 atom stereocenters. The lowest BCUT2D eigenvalue weighted by molar-refractivity contribution is -0.138. The number of hydrogen-bond donors (Lipinski definition) is 2. The van der Waals surface area contributed by atoms with Crippen LogP contribution in [0.3, 0.4) is 0 Å². The van der Waals surface area contributed by atoms with Gasteiger partial charge in [0.2, 0.25) is 0 Å². The first-order valence-corrected chi connectivity index (χ1v) is 5.74. The minimum Gasteiger partial charge on any atom is -0.507 e. The fourth-order valence-corrected chi connectivity index (χ4v) is 2.13. The van der Waals surface area contributed by atoms with Crippen molar-refractivity contribution in [3.8, 4) is 5.75 Å². The first kappa shape index (κ1) is 13.5. The largest absolute Gasteiger partial charge is 0.507 e. The van der Waals surface area contributed by atoms with Gasteiger partial charge in [0.1, 0.15) is 5.75 Å². The number of amides is 2. The summed E-state index contributed by atoms with van der Waals surface area (Å²) in [5.41, 5.74) is -1.13. The van der Waals surface area contributed by atoms with Gasteiger partial charge in [0.25, 0.3) is 11.1 Å². The van der Waals surface area contributed by atoms with E-state index in [4.69, 9.17) is 5.11 Å². The normalized spacial score (nSPS) is 17.9. The number of carbonyl (C=O) groups excluding carboxylic acids is 2. The lowest BCUT2D eigenvalue weighted by Crippen LogP contribution is -2.17. The highest BCUT2D eigenvalue weighted by molar-refractivity contribution is 8.18. The molecule has 1 aromatic carbocycles. The smallest absolute Gasteiger partial charge is 0.419 e. The van der Waals surface area contributed by atoms with E-state index in [2.05, 4.69) is 0 Å². The molecule has 0 spiro atoms. The van der Waals surface area contributed by atoms with Crippen molar-refractivity contribution in [1.29, 1.82) is 0 Å². The number of thioether (sulfide) groups is 1. The van der Waals surface area contributed by atoms with Crippen LogP contribution in [0, 0.1) is 0 Å². The van der Waals surface area contributed by atoms with Crippen molar-refractivity contribution in [3.05, 3.63) is 34.2 Å². The van der Waals surface area contributed by atoms with Gasteiger partial charge in [-0.15, -0.1) is 0 Å². The second-order valence-corrected chi connectivity index (χ2v) is 4.64. The van der Waals surface area contributed by atoms with Crippen molar-refractivity contribution in [2.75, 3.05) is 0 Å². The number of phenols is 1. The molecule has 1 fully saturated rings. The highest BCUT2D eigenvalue weighted by atomic mass is 32.2. The van der Waals surface area contributed by atoms with Crippen LogP contribution in [0.1, 0.15) is 11.1 Å². The monoisotopic (exact) mass is 289 g/mol. The minimum absolute atomic E-state index is 0.00353. The lowest BCUT2D eigenvalue weighted by atomic mass is 10.1. The van der Waals surface area contributed by atoms with E-state index in [1.165, 1.54) is 6.07 Å². The van der Waals surface area contributed by atoms with E-state index in [0.29, 0.717) is 17.8 Å². The number of hydrogen-bond acceptors (Lipinski definition) is 4. The molecule has 0 unspecified atom stereocenters. The summed E-state index contributed by atoms with van der Waals surface area (Å²) in [6, 6.07) is 2.81. The van der Waals surface area contributed by atoms with Gasteiger partial charge < -0.3 is 5.11 Å². The molecule has 1 aliphatic heterocycles. The number of alkyl halides is 3. The maximum atomic E-state index is 12.6. The standard InChI is InChI=1S/C11H6F3NO3S/c12-11(13,14)6-3-5(1-2-7(6)16)4-8-9(17)15-10(18)19-8/h1-4,16H,(H,15,17,18)/b8-4-. The lowest BCUT2D eigenvalue weighted by Gasteiger charge is -2.09. The molecule has 0 bridgehead atoms. The van der Waals surface area contributed by atoms with Crippen molar-refractivity contribution in [2.24, 2.45) is 0 Å². The number of nitrogens with one attached hydrogen (secondary N) is 1. The summed E-state index contributed by atoms with van der Waals surface area (Å²) < 4.78 is 37.7. The molecule has 0 aromatic heterocycles. The van der Waals surface area contributed by atoms with Gasteiger partial charge >= 0.3 is 6.18 Å². The Kier molecular flexibility index (Phi) is 3.27. The third kappa shape index (κ3) is 2.90. The summed E-state index contributed by atoms with van der Waals surface area (Å²) in [6.07, 6.45) is -3.54. The summed E-state index contributed by atoms with van der Waals surface area (Å²) in [5, 5.41) is 10.6. The Bertz CT molecular complexity index is 595. The maximum Gasteiger partial charge on any atom is 0.419 e. The van der Waals surface area contributed by atoms with Crippen molar-refractivity contribution in [2.45, 2.75) is 6.18 Å². The Morgan fingerprint density at radius 1 is 1.26 bits per heavy atom. The quantitative estimate of drug-likeness (QED) is 0.780. The molecule has 2 N–H and O–H groups in total. The molecule has 1 aromatic rings. The van der Waals surface area contributed by atoms with Crippen molar-refractivity contribution in [3.63, 3.8) is 0 Å². The fraction of sp³-hybridized carbons (Fsp3) is 0.0909. The second-order valence-electron chi connectivity index (χ2n) is 3.63. The number of halogens is 3. The average molecular weight is 289 g/mol. The number of carbonyl (C=O) groups is 2. The zero-order valence-corrected chi connectivity index (χ0v) is 9.93. The van der Waals surface area contributed by atoms with Crippen LogP contribution in [-0.2, 0) is 11.0 Å². The van der Waals surface area contributed by atoms with Gasteiger partial charge in [-0.05, 0) is 35.5 Å². The van der Waals surface area contributed by atoms with Gasteiger partial charge in [-0.25, -0.2) is 0 Å². The zero-order valence-electron chi connectivity index (χ0n) is 9.12. The number of benzene rings is 1. The van der Waals surface area contributed by atoms with E-state index in [1.807, 2.05) is 5.32 Å². The summed E-state index contributed by atoms with van der Waals surface area (Å²) >= 11 is 0.604. The van der Waals surface area contributed by atoms with Gasteiger partial charge in [-0.2, -0.15) is 13.2 Å². The van der Waals surface area contributed by atoms with Gasteiger partial charge in [0, 0.05) is 0 Å². The Labute approximate surface area is 109 Å². The van der Waals surface area contributed by atoms with Crippen molar-refractivity contribution >= 4 is 29.0 Å². The second kappa shape index (κ2) is 4.61. The molecule has 2 amide bonds. The summed E-state index contributed by atoms with van der Waals surface area (Å²) in [4.78, 5) is 22.2. The van der Waals surface area contributed by atoms with Gasteiger partial charge in [-0.3, -0.25) is 14.9 Å². The molecule has 1 saturated heterocycles. The van der Waals surface area contributed by atoms with Crippen LogP contribution in [0.4, 0.5) is 18.0 Å². The Morgan fingerprint density at radius 2 is 1.95 bits per heavy atom. The predicted molar refractivity (Wildman–Crippen MR) is 62.2 cm³/mol. The van der Waals surface area contributed by atoms with E-state index in [1.54, 1.807) is 0 Å². The minimum atomic E-state index is -4.69. The summed E-state index contributed by atoms with van der Waals surface area (Å²) in [5.74, 6) is -1.55. The highest BCUT2D eigenvalue weighted by Gasteiger charge is 2.34. The zero-order chi connectivity index (χ0) is 14.2. The molecule has 0 aliphatic carbocycles. The van der Waals surface area contributed by atoms with E-state index >= 15 is 0 Å². The number of aromatic hydroxyl groups is 1. The van der Waals surface area contributed by atoms with Gasteiger partial charge in [0.05, 0.1) is 10.5 Å². The van der Waals surface area contributed by atoms with Crippen molar-refractivity contribution < 1.29 is 27.9 Å². The molecule has 0 saturated carbocycles. The molecule has 0 radical (unpaired) electrons. The van der Waals surface area contributed by atoms with Crippen molar-refractivity contribution in [1.82, 2.24) is 5.32 Å². The molecule has 4 nitrogen and oxygen atoms in total. The molecule has 19 heavy (non-hydrogen) atoms. The SMILES string of the molecule is O=C1NC(=O)/C(=C/c2ccc(O)c(C(F)(F)F)c2)S1. The van der Waals surface area contributed by atoms with Crippen LogP contribution >= 0.6 is 11.8 Å². The van der Waals surface area contributed by atoms with Crippen LogP contribution in [0.25, 0.3) is 6.08 Å². The maximum absolute atomic E-state index is 12.6. The topological polar surface area (TPSA) is 66.4 Å². The van der Waals surface area contributed by atoms with Crippen LogP contribution in [-0.4, -0.2) is 16.3 Å². The molecule has 8 heteroatoms. The third-order valence-corrected chi connectivity index (χ3v) is 3.08. The van der Waals surface area contributed by atoms with E-state index in [0.717, 1.165) is 12.1 Å². The Balaban J connectivity index is 2.40. The summed E-state index contributed by atoms with van der Waals surface area (Å²) in [6.45, 7) is 0. The molecular weight excluding hydrogens is 283 g/mol. The molecule has 100 valence electrons. The Morgan fingerprint density at radius 3 is 2.47 bits per heavy atom. The first-order chi connectivity index (χ1) is 8.77.